The molecule has 0 spiro atoms. The molecule has 21 heavy (non-hydrogen) atoms. The van der Waals surface area contributed by atoms with E-state index >= 15 is 0 Å². The van der Waals surface area contributed by atoms with Gasteiger partial charge in [-0.1, -0.05) is 0 Å². The van der Waals surface area contributed by atoms with Crippen molar-refractivity contribution in [2.24, 2.45) is 5.92 Å². The van der Waals surface area contributed by atoms with Gasteiger partial charge in [-0.2, -0.15) is 0 Å². The third-order valence-corrected chi connectivity index (χ3v) is 4.66. The smallest absolute Gasteiger partial charge is 0.182 e. The van der Waals surface area contributed by atoms with Gasteiger partial charge in [-0.25, -0.2) is 19.3 Å². The van der Waals surface area contributed by atoms with Crippen LogP contribution in [0.2, 0.25) is 0 Å². The molecule has 1 atom stereocenters. The predicted molar refractivity (Wildman–Crippen MR) is 80.7 cm³/mol. The lowest BCUT2D eigenvalue weighted by atomic mass is 10.0. The Balaban J connectivity index is 1.52. The van der Waals surface area contributed by atoms with Crippen LogP contribution >= 0.6 is 11.3 Å². The number of anilines is 1. The van der Waals surface area contributed by atoms with Gasteiger partial charge in [-0.05, 0) is 18.9 Å². The number of thiazole rings is 1. The van der Waals surface area contributed by atoms with Crippen molar-refractivity contribution < 1.29 is 4.39 Å². The lowest BCUT2D eigenvalue weighted by Gasteiger charge is -2.14. The number of rotatable bonds is 5. The van der Waals surface area contributed by atoms with Crippen molar-refractivity contribution in [3.63, 3.8) is 0 Å². The maximum absolute atomic E-state index is 12.8. The molecule has 0 saturated carbocycles. The highest BCUT2D eigenvalue weighted by molar-refractivity contribution is 7.15. The molecule has 1 aliphatic heterocycles. The molecule has 1 fully saturated rings. The summed E-state index contributed by atoms with van der Waals surface area (Å²) in [5, 5.41) is 4.02. The summed E-state index contributed by atoms with van der Waals surface area (Å²) in [7, 11) is 1.89. The van der Waals surface area contributed by atoms with Crippen molar-refractivity contribution in [1.82, 2.24) is 19.9 Å². The Bertz CT molecular complexity index is 585. The first-order chi connectivity index (χ1) is 10.2. The number of halogens is 1. The third-order valence-electron chi connectivity index (χ3n) is 3.66. The molecule has 1 saturated heterocycles. The van der Waals surface area contributed by atoms with E-state index in [1.54, 1.807) is 11.3 Å². The summed E-state index contributed by atoms with van der Waals surface area (Å²) in [6.07, 6.45) is 6.38. The number of nitrogens with one attached hydrogen (secondary N) is 1. The minimum atomic E-state index is -0.377. The Morgan fingerprint density at radius 3 is 2.86 bits per heavy atom. The Morgan fingerprint density at radius 2 is 2.14 bits per heavy atom. The summed E-state index contributed by atoms with van der Waals surface area (Å²) in [6.45, 7) is 3.06. The highest BCUT2D eigenvalue weighted by Crippen LogP contribution is 2.24. The first-order valence-electron chi connectivity index (χ1n) is 7.04. The highest BCUT2D eigenvalue weighted by atomic mass is 32.1. The van der Waals surface area contributed by atoms with Crippen LogP contribution < -0.4 is 5.32 Å². The topological polar surface area (TPSA) is 53.9 Å². The van der Waals surface area contributed by atoms with Crippen molar-refractivity contribution >= 4 is 16.5 Å². The molecule has 7 heteroatoms. The largest absolute Gasteiger partial charge is 0.365 e. The minimum absolute atomic E-state index is 0.377. The maximum atomic E-state index is 12.8. The van der Waals surface area contributed by atoms with Crippen molar-refractivity contribution in [2.45, 2.75) is 19.4 Å². The van der Waals surface area contributed by atoms with Gasteiger partial charge in [-0.3, -0.25) is 4.90 Å². The Labute approximate surface area is 127 Å². The number of hydrogen-bond donors (Lipinski definition) is 1. The molecular formula is C14H18FN5S. The molecule has 0 amide bonds. The van der Waals surface area contributed by atoms with Gasteiger partial charge in [0.05, 0.1) is 12.4 Å². The van der Waals surface area contributed by atoms with E-state index in [0.717, 1.165) is 43.4 Å². The second-order valence-electron chi connectivity index (χ2n) is 5.29. The Kier molecular flexibility index (Phi) is 4.40. The molecular weight excluding hydrogens is 289 g/mol. The van der Waals surface area contributed by atoms with Crippen LogP contribution in [0.3, 0.4) is 0 Å². The van der Waals surface area contributed by atoms with E-state index in [4.69, 9.17) is 0 Å². The normalized spacial score (nSPS) is 19.0. The number of aromatic nitrogens is 3. The Morgan fingerprint density at radius 1 is 1.33 bits per heavy atom. The van der Waals surface area contributed by atoms with E-state index in [2.05, 4.69) is 25.2 Å². The predicted octanol–water partition coefficient (Wildman–Crippen LogP) is 2.18. The summed E-state index contributed by atoms with van der Waals surface area (Å²) in [5.41, 5.74) is 0. The molecule has 112 valence electrons. The fourth-order valence-electron chi connectivity index (χ4n) is 2.64. The molecule has 2 aromatic heterocycles. The van der Waals surface area contributed by atoms with Gasteiger partial charge >= 0.3 is 0 Å². The Hall–Kier alpha value is -1.60. The molecule has 1 aliphatic rings. The number of likely N-dealkylation sites (tertiary alicyclic amines) is 1. The zero-order valence-corrected chi connectivity index (χ0v) is 12.7. The van der Waals surface area contributed by atoms with E-state index in [0.29, 0.717) is 5.92 Å². The quantitative estimate of drug-likeness (QED) is 0.917. The van der Waals surface area contributed by atoms with Crippen molar-refractivity contribution in [1.29, 1.82) is 0 Å². The third kappa shape index (κ3) is 3.74. The van der Waals surface area contributed by atoms with Crippen LogP contribution in [0.4, 0.5) is 9.52 Å². The minimum Gasteiger partial charge on any atom is -0.365 e. The van der Waals surface area contributed by atoms with Crippen molar-refractivity contribution in [2.75, 3.05) is 25.5 Å². The second kappa shape index (κ2) is 6.44. The summed E-state index contributed by atoms with van der Waals surface area (Å²) in [5.74, 6) is 0.906. The molecule has 0 aliphatic carbocycles. The maximum Gasteiger partial charge on any atom is 0.182 e. The fourth-order valence-corrected chi connectivity index (χ4v) is 3.45. The molecule has 2 aromatic rings. The molecule has 1 N–H and O–H groups in total. The fraction of sp³-hybridized carbons (Fsp3) is 0.500. The van der Waals surface area contributed by atoms with Gasteiger partial charge in [0, 0.05) is 37.6 Å². The van der Waals surface area contributed by atoms with Crippen LogP contribution in [-0.2, 0) is 13.0 Å². The molecule has 3 rings (SSSR count). The first kappa shape index (κ1) is 14.3. The highest BCUT2D eigenvalue weighted by Gasteiger charge is 2.24. The van der Waals surface area contributed by atoms with Gasteiger partial charge in [0.25, 0.3) is 0 Å². The van der Waals surface area contributed by atoms with Crippen LogP contribution in [0.1, 0.15) is 17.1 Å². The second-order valence-corrected chi connectivity index (χ2v) is 6.41. The summed E-state index contributed by atoms with van der Waals surface area (Å²) in [6, 6.07) is 0. The lowest BCUT2D eigenvalue weighted by Crippen LogP contribution is -2.20. The monoisotopic (exact) mass is 307 g/mol. The van der Waals surface area contributed by atoms with E-state index in [-0.39, 0.29) is 5.82 Å². The summed E-state index contributed by atoms with van der Waals surface area (Å²) >= 11 is 1.70. The van der Waals surface area contributed by atoms with E-state index in [1.165, 1.54) is 17.3 Å². The van der Waals surface area contributed by atoms with Crippen LogP contribution in [-0.4, -0.2) is 40.0 Å². The molecule has 0 aromatic carbocycles. The van der Waals surface area contributed by atoms with Gasteiger partial charge < -0.3 is 5.32 Å². The van der Waals surface area contributed by atoms with Gasteiger partial charge in [0.15, 0.2) is 10.9 Å². The molecule has 1 unspecified atom stereocenters. The lowest BCUT2D eigenvalue weighted by molar-refractivity contribution is 0.318. The zero-order chi connectivity index (χ0) is 14.7. The average molecular weight is 307 g/mol. The van der Waals surface area contributed by atoms with Crippen molar-refractivity contribution in [3.05, 3.63) is 35.1 Å². The molecule has 0 bridgehead atoms. The van der Waals surface area contributed by atoms with E-state index in [9.17, 15) is 4.39 Å². The molecule has 0 radical (unpaired) electrons. The zero-order valence-electron chi connectivity index (χ0n) is 11.9. The van der Waals surface area contributed by atoms with E-state index < -0.39 is 0 Å². The van der Waals surface area contributed by atoms with Crippen LogP contribution in [0, 0.1) is 11.7 Å². The van der Waals surface area contributed by atoms with Gasteiger partial charge in [-0.15, -0.1) is 11.3 Å². The number of hydrogen-bond acceptors (Lipinski definition) is 6. The molecule has 5 nitrogen and oxygen atoms in total. The number of nitrogens with zero attached hydrogens (tertiary/aromatic N) is 4. The van der Waals surface area contributed by atoms with Crippen molar-refractivity contribution in [3.8, 4) is 0 Å². The van der Waals surface area contributed by atoms with Gasteiger partial charge in [0.1, 0.15) is 5.82 Å². The average Bonchev–Trinajstić information content (AvgIpc) is 3.11. The first-order valence-corrected chi connectivity index (χ1v) is 7.86. The van der Waals surface area contributed by atoms with Crippen LogP contribution in [0.25, 0.3) is 0 Å². The molecule has 3 heterocycles. The van der Waals surface area contributed by atoms with E-state index in [1.807, 2.05) is 13.2 Å². The van der Waals surface area contributed by atoms with Crippen LogP contribution in [0.15, 0.2) is 18.6 Å². The standard InChI is InChI=1S/C14H18FN5S/c1-16-14-19-7-12(21-14)9-20-3-2-10(8-20)4-13-17-5-11(15)6-18-13/h5-7,10H,2-4,8-9H2,1H3,(H,16,19). The summed E-state index contributed by atoms with van der Waals surface area (Å²) in [4.78, 5) is 16.1. The van der Waals surface area contributed by atoms with Crippen LogP contribution in [0.5, 0.6) is 0 Å². The summed E-state index contributed by atoms with van der Waals surface area (Å²) < 4.78 is 12.8. The SMILES string of the molecule is CNc1ncc(CN2CCC(Cc3ncc(F)cn3)C2)s1. The van der Waals surface area contributed by atoms with Gasteiger partial charge in [0.2, 0.25) is 0 Å².